The maximum atomic E-state index is 3.73. The minimum atomic E-state index is 0.375. The first-order valence-electron chi connectivity index (χ1n) is 7.03. The number of hydrogen-bond acceptors (Lipinski definition) is 3. The third kappa shape index (κ3) is 3.28. The fourth-order valence-electron chi connectivity index (χ4n) is 2.46. The second-order valence-corrected chi connectivity index (χ2v) is 7.33. The summed E-state index contributed by atoms with van der Waals surface area (Å²) in [6.07, 6.45) is 2.29. The summed E-state index contributed by atoms with van der Waals surface area (Å²) in [5.41, 5.74) is 2.95. The Kier molecular flexibility index (Phi) is 5.20. The van der Waals surface area contributed by atoms with Gasteiger partial charge in [-0.1, -0.05) is 13.8 Å². The zero-order valence-electron chi connectivity index (χ0n) is 12.2. The van der Waals surface area contributed by atoms with Gasteiger partial charge in [-0.05, 0) is 61.9 Å². The summed E-state index contributed by atoms with van der Waals surface area (Å²) in [5.74, 6) is 0. The van der Waals surface area contributed by atoms with E-state index in [2.05, 4.69) is 50.5 Å². The lowest BCUT2D eigenvalue weighted by Crippen LogP contribution is -2.23. The zero-order chi connectivity index (χ0) is 13.8. The molecule has 1 atom stereocenters. The Morgan fingerprint density at radius 2 is 2.05 bits per heavy atom. The van der Waals surface area contributed by atoms with Crippen molar-refractivity contribution in [1.29, 1.82) is 0 Å². The van der Waals surface area contributed by atoms with Crippen molar-refractivity contribution in [3.05, 3.63) is 43.3 Å². The van der Waals surface area contributed by atoms with Crippen LogP contribution in [0.4, 0.5) is 0 Å². The number of hydrogen-bond donors (Lipinski definition) is 1. The molecule has 0 bridgehead atoms. The summed E-state index contributed by atoms with van der Waals surface area (Å²) in [4.78, 5) is 4.35. The molecule has 3 heteroatoms. The van der Waals surface area contributed by atoms with Gasteiger partial charge in [-0.25, -0.2) is 0 Å². The van der Waals surface area contributed by atoms with Gasteiger partial charge >= 0.3 is 0 Å². The van der Waals surface area contributed by atoms with Crippen LogP contribution in [-0.4, -0.2) is 6.54 Å². The van der Waals surface area contributed by atoms with E-state index in [1.807, 2.05) is 22.7 Å². The molecular weight excluding hydrogens is 270 g/mol. The van der Waals surface area contributed by atoms with Gasteiger partial charge in [-0.15, -0.1) is 22.7 Å². The van der Waals surface area contributed by atoms with Crippen molar-refractivity contribution in [3.63, 3.8) is 0 Å². The van der Waals surface area contributed by atoms with Crippen LogP contribution in [0.2, 0.25) is 0 Å². The SMILES string of the molecule is CCCNC(c1cc(C)sc1C)c1sccc1CC. The fraction of sp³-hybridized carbons (Fsp3) is 0.500. The molecule has 19 heavy (non-hydrogen) atoms. The van der Waals surface area contributed by atoms with E-state index in [4.69, 9.17) is 0 Å². The molecule has 2 aromatic heterocycles. The summed E-state index contributed by atoms with van der Waals surface area (Å²) >= 11 is 3.79. The smallest absolute Gasteiger partial charge is 0.0684 e. The van der Waals surface area contributed by atoms with E-state index in [1.54, 1.807) is 0 Å². The Hall–Kier alpha value is -0.640. The Balaban J connectivity index is 2.38. The highest BCUT2D eigenvalue weighted by atomic mass is 32.1. The second-order valence-electron chi connectivity index (χ2n) is 4.92. The number of thiophene rings is 2. The average Bonchev–Trinajstić information content (AvgIpc) is 2.97. The van der Waals surface area contributed by atoms with Crippen LogP contribution >= 0.6 is 22.7 Å². The summed E-state index contributed by atoms with van der Waals surface area (Å²) in [6, 6.07) is 5.00. The first-order chi connectivity index (χ1) is 9.17. The predicted octanol–water partition coefficient (Wildman–Crippen LogP) is 5.08. The summed E-state index contributed by atoms with van der Waals surface area (Å²) in [6.45, 7) is 9.99. The number of rotatable bonds is 6. The van der Waals surface area contributed by atoms with Gasteiger partial charge in [0, 0.05) is 14.6 Å². The molecule has 0 amide bonds. The van der Waals surface area contributed by atoms with Gasteiger partial charge in [0.1, 0.15) is 0 Å². The quantitative estimate of drug-likeness (QED) is 0.783. The minimum Gasteiger partial charge on any atom is -0.306 e. The van der Waals surface area contributed by atoms with Crippen molar-refractivity contribution >= 4 is 22.7 Å². The molecule has 0 aliphatic heterocycles. The van der Waals surface area contributed by atoms with Gasteiger partial charge in [-0.3, -0.25) is 0 Å². The predicted molar refractivity (Wildman–Crippen MR) is 87.6 cm³/mol. The molecule has 0 aliphatic carbocycles. The monoisotopic (exact) mass is 293 g/mol. The van der Waals surface area contributed by atoms with Gasteiger partial charge < -0.3 is 5.32 Å². The molecular formula is C16H23NS2. The van der Waals surface area contributed by atoms with E-state index in [9.17, 15) is 0 Å². The highest BCUT2D eigenvalue weighted by Gasteiger charge is 2.20. The highest BCUT2D eigenvalue weighted by Crippen LogP contribution is 2.35. The lowest BCUT2D eigenvalue weighted by molar-refractivity contribution is 0.602. The Bertz CT molecular complexity index is 525. The molecule has 104 valence electrons. The summed E-state index contributed by atoms with van der Waals surface area (Å²) in [7, 11) is 0. The molecule has 0 fully saturated rings. The van der Waals surface area contributed by atoms with E-state index >= 15 is 0 Å². The molecule has 1 nitrogen and oxygen atoms in total. The van der Waals surface area contributed by atoms with Crippen molar-refractivity contribution in [2.24, 2.45) is 0 Å². The standard InChI is InChI=1S/C16H23NS2/c1-5-8-17-15(14-10-11(3)19-12(14)4)16-13(6-2)7-9-18-16/h7,9-10,15,17H,5-6,8H2,1-4H3. The van der Waals surface area contributed by atoms with E-state index < -0.39 is 0 Å². The van der Waals surface area contributed by atoms with Gasteiger partial charge in [0.05, 0.1) is 6.04 Å². The largest absolute Gasteiger partial charge is 0.306 e. The zero-order valence-corrected chi connectivity index (χ0v) is 13.9. The fourth-order valence-corrected chi connectivity index (χ4v) is 4.51. The van der Waals surface area contributed by atoms with Gasteiger partial charge in [0.25, 0.3) is 0 Å². The van der Waals surface area contributed by atoms with Crippen LogP contribution < -0.4 is 5.32 Å². The lowest BCUT2D eigenvalue weighted by Gasteiger charge is -2.19. The van der Waals surface area contributed by atoms with Gasteiger partial charge in [0.2, 0.25) is 0 Å². The molecule has 0 aliphatic rings. The molecule has 2 aromatic rings. The maximum absolute atomic E-state index is 3.73. The van der Waals surface area contributed by atoms with Crippen LogP contribution in [0.1, 0.15) is 52.1 Å². The molecule has 0 radical (unpaired) electrons. The van der Waals surface area contributed by atoms with Gasteiger partial charge in [-0.2, -0.15) is 0 Å². The molecule has 0 saturated heterocycles. The first kappa shape index (κ1) is 14.8. The summed E-state index contributed by atoms with van der Waals surface area (Å²) < 4.78 is 0. The normalized spacial score (nSPS) is 12.8. The third-order valence-corrected chi connectivity index (χ3v) is 5.42. The molecule has 2 rings (SSSR count). The lowest BCUT2D eigenvalue weighted by atomic mass is 10.0. The highest BCUT2D eigenvalue weighted by molar-refractivity contribution is 7.12. The van der Waals surface area contributed by atoms with E-state index in [0.717, 1.165) is 13.0 Å². The first-order valence-corrected chi connectivity index (χ1v) is 8.73. The number of aryl methyl sites for hydroxylation is 3. The van der Waals surface area contributed by atoms with Crippen molar-refractivity contribution in [3.8, 4) is 0 Å². The summed E-state index contributed by atoms with van der Waals surface area (Å²) in [5, 5.41) is 5.96. The van der Waals surface area contributed by atoms with E-state index in [0.29, 0.717) is 6.04 Å². The molecule has 0 saturated carbocycles. The Labute approximate surface area is 124 Å². The van der Waals surface area contributed by atoms with Crippen LogP contribution in [0.15, 0.2) is 17.5 Å². The van der Waals surface area contributed by atoms with Crippen LogP contribution in [0.5, 0.6) is 0 Å². The average molecular weight is 294 g/mol. The van der Waals surface area contributed by atoms with Gasteiger partial charge in [0.15, 0.2) is 0 Å². The molecule has 1 unspecified atom stereocenters. The molecule has 2 heterocycles. The molecule has 0 aromatic carbocycles. The number of nitrogens with one attached hydrogen (secondary N) is 1. The van der Waals surface area contributed by atoms with Crippen LogP contribution in [-0.2, 0) is 6.42 Å². The van der Waals surface area contributed by atoms with Crippen LogP contribution in [0.25, 0.3) is 0 Å². The molecule has 1 N–H and O–H groups in total. The Morgan fingerprint density at radius 1 is 1.26 bits per heavy atom. The van der Waals surface area contributed by atoms with Crippen molar-refractivity contribution in [2.75, 3.05) is 6.54 Å². The van der Waals surface area contributed by atoms with Crippen molar-refractivity contribution in [1.82, 2.24) is 5.32 Å². The topological polar surface area (TPSA) is 12.0 Å². The minimum absolute atomic E-state index is 0.375. The van der Waals surface area contributed by atoms with Crippen LogP contribution in [0.3, 0.4) is 0 Å². The van der Waals surface area contributed by atoms with Crippen molar-refractivity contribution in [2.45, 2.75) is 46.6 Å². The van der Waals surface area contributed by atoms with E-state index in [1.165, 1.54) is 32.2 Å². The van der Waals surface area contributed by atoms with Crippen molar-refractivity contribution < 1.29 is 0 Å². The molecule has 0 spiro atoms. The Morgan fingerprint density at radius 3 is 2.63 bits per heavy atom. The second kappa shape index (κ2) is 6.69. The maximum Gasteiger partial charge on any atom is 0.0684 e. The van der Waals surface area contributed by atoms with E-state index in [-0.39, 0.29) is 0 Å². The third-order valence-electron chi connectivity index (χ3n) is 3.41. The van der Waals surface area contributed by atoms with Crippen LogP contribution in [0, 0.1) is 13.8 Å².